The zero-order valence-electron chi connectivity index (χ0n) is 17.7. The van der Waals surface area contributed by atoms with E-state index in [0.717, 1.165) is 17.9 Å². The second kappa shape index (κ2) is 9.01. The smallest absolute Gasteiger partial charge is 0.138 e. The fraction of sp³-hybridized carbons (Fsp3) is 0.500. The molecular formula is C24H33ClO2. The predicted octanol–water partition coefficient (Wildman–Crippen LogP) is 7.39. The van der Waals surface area contributed by atoms with E-state index in [4.69, 9.17) is 21.1 Å². The van der Waals surface area contributed by atoms with Crippen LogP contribution in [-0.2, 0) is 5.41 Å². The molecule has 148 valence electrons. The Labute approximate surface area is 169 Å². The Bertz CT molecular complexity index is 733. The summed E-state index contributed by atoms with van der Waals surface area (Å²) in [6.45, 7) is 15.0. The first kappa shape index (κ1) is 21.6. The van der Waals surface area contributed by atoms with Crippen LogP contribution in [0.5, 0.6) is 11.5 Å². The number of hydrogen-bond acceptors (Lipinski definition) is 2. The first-order valence-corrected chi connectivity index (χ1v) is 10.2. The number of ether oxygens (including phenoxy) is 2. The van der Waals surface area contributed by atoms with Gasteiger partial charge >= 0.3 is 0 Å². The van der Waals surface area contributed by atoms with Gasteiger partial charge in [-0.15, -0.1) is 0 Å². The molecular weight excluding hydrogens is 356 g/mol. The van der Waals surface area contributed by atoms with E-state index in [-0.39, 0.29) is 17.6 Å². The van der Waals surface area contributed by atoms with Crippen LogP contribution in [0.4, 0.5) is 0 Å². The molecule has 0 saturated heterocycles. The lowest BCUT2D eigenvalue weighted by Gasteiger charge is -2.30. The molecule has 0 amide bonds. The highest BCUT2D eigenvalue weighted by atomic mass is 35.5. The molecule has 2 aromatic rings. The number of rotatable bonds is 8. The van der Waals surface area contributed by atoms with Gasteiger partial charge < -0.3 is 9.47 Å². The highest BCUT2D eigenvalue weighted by Gasteiger charge is 2.25. The van der Waals surface area contributed by atoms with E-state index in [1.54, 1.807) is 0 Å². The molecule has 0 radical (unpaired) electrons. The molecule has 0 aromatic heterocycles. The molecule has 0 saturated carbocycles. The highest BCUT2D eigenvalue weighted by Crippen LogP contribution is 2.35. The van der Waals surface area contributed by atoms with Crippen molar-refractivity contribution in [3.63, 3.8) is 0 Å². The SMILES string of the molecule is CC(C)Oc1cc(C(C)(C)CC(C)Oc2ccc(C(C)C)cc2)ccc1Cl. The minimum Gasteiger partial charge on any atom is -0.491 e. The zero-order valence-corrected chi connectivity index (χ0v) is 18.4. The monoisotopic (exact) mass is 388 g/mol. The van der Waals surface area contributed by atoms with E-state index in [2.05, 4.69) is 71.0 Å². The van der Waals surface area contributed by atoms with E-state index in [1.165, 1.54) is 11.1 Å². The standard InChI is InChI=1S/C24H33ClO2/c1-16(2)19-8-11-21(12-9-19)27-18(5)15-24(6,7)20-10-13-22(25)23(14-20)26-17(3)4/h8-14,16-18H,15H2,1-7H3. The molecule has 2 rings (SSSR count). The van der Waals surface area contributed by atoms with Gasteiger partial charge in [-0.2, -0.15) is 0 Å². The fourth-order valence-corrected chi connectivity index (χ4v) is 3.47. The van der Waals surface area contributed by atoms with E-state index >= 15 is 0 Å². The first-order valence-electron chi connectivity index (χ1n) is 9.82. The van der Waals surface area contributed by atoms with Gasteiger partial charge in [-0.1, -0.05) is 57.5 Å². The maximum Gasteiger partial charge on any atom is 0.138 e. The number of halogens is 1. The summed E-state index contributed by atoms with van der Waals surface area (Å²) < 4.78 is 12.0. The Balaban J connectivity index is 2.08. The molecule has 0 aliphatic heterocycles. The average Bonchev–Trinajstić information content (AvgIpc) is 2.56. The summed E-state index contributed by atoms with van der Waals surface area (Å²) in [4.78, 5) is 0. The lowest BCUT2D eigenvalue weighted by atomic mass is 9.80. The van der Waals surface area contributed by atoms with Crippen LogP contribution in [0.2, 0.25) is 5.02 Å². The molecule has 0 fully saturated rings. The summed E-state index contributed by atoms with van der Waals surface area (Å²) in [5, 5.41) is 0.651. The summed E-state index contributed by atoms with van der Waals surface area (Å²) in [6, 6.07) is 14.5. The Kier molecular flexibility index (Phi) is 7.22. The van der Waals surface area contributed by atoms with Gasteiger partial charge in [0.1, 0.15) is 11.5 Å². The maximum atomic E-state index is 6.29. The Morgan fingerprint density at radius 2 is 1.52 bits per heavy atom. The van der Waals surface area contributed by atoms with Crippen molar-refractivity contribution < 1.29 is 9.47 Å². The molecule has 0 heterocycles. The molecule has 1 atom stereocenters. The van der Waals surface area contributed by atoms with Crippen molar-refractivity contribution in [2.75, 3.05) is 0 Å². The van der Waals surface area contributed by atoms with Gasteiger partial charge in [-0.05, 0) is 73.9 Å². The zero-order chi connectivity index (χ0) is 20.2. The van der Waals surface area contributed by atoms with Crippen LogP contribution in [0, 0.1) is 0 Å². The van der Waals surface area contributed by atoms with Gasteiger partial charge in [0.15, 0.2) is 0 Å². The molecule has 0 spiro atoms. The molecule has 0 aliphatic carbocycles. The van der Waals surface area contributed by atoms with Crippen LogP contribution < -0.4 is 9.47 Å². The van der Waals surface area contributed by atoms with E-state index in [9.17, 15) is 0 Å². The minimum absolute atomic E-state index is 0.0586. The van der Waals surface area contributed by atoms with Gasteiger partial charge in [-0.3, -0.25) is 0 Å². The van der Waals surface area contributed by atoms with E-state index in [1.807, 2.05) is 19.9 Å². The molecule has 0 N–H and O–H groups in total. The largest absolute Gasteiger partial charge is 0.491 e. The lowest BCUT2D eigenvalue weighted by molar-refractivity contribution is 0.180. The molecule has 0 bridgehead atoms. The van der Waals surface area contributed by atoms with Gasteiger partial charge in [0.2, 0.25) is 0 Å². The van der Waals surface area contributed by atoms with Crippen LogP contribution in [0.1, 0.15) is 71.9 Å². The van der Waals surface area contributed by atoms with Crippen LogP contribution in [0.25, 0.3) is 0 Å². The van der Waals surface area contributed by atoms with Gasteiger partial charge in [-0.25, -0.2) is 0 Å². The number of benzene rings is 2. The Morgan fingerprint density at radius 1 is 0.889 bits per heavy atom. The van der Waals surface area contributed by atoms with Crippen molar-refractivity contribution in [3.8, 4) is 11.5 Å². The van der Waals surface area contributed by atoms with Gasteiger partial charge in [0, 0.05) is 0 Å². The summed E-state index contributed by atoms with van der Waals surface area (Å²) in [5.41, 5.74) is 2.47. The molecule has 3 heteroatoms. The maximum absolute atomic E-state index is 6.29. The van der Waals surface area contributed by atoms with Crippen molar-refractivity contribution in [3.05, 3.63) is 58.6 Å². The normalized spacial score (nSPS) is 13.1. The topological polar surface area (TPSA) is 18.5 Å². The third-order valence-corrected chi connectivity index (χ3v) is 5.07. The molecule has 0 aliphatic rings. The van der Waals surface area contributed by atoms with E-state index < -0.39 is 0 Å². The summed E-state index contributed by atoms with van der Waals surface area (Å²) in [6.07, 6.45) is 1.08. The van der Waals surface area contributed by atoms with Crippen LogP contribution in [0.15, 0.2) is 42.5 Å². The van der Waals surface area contributed by atoms with Crippen molar-refractivity contribution in [2.45, 2.75) is 78.4 Å². The minimum atomic E-state index is -0.0586. The van der Waals surface area contributed by atoms with Crippen LogP contribution >= 0.6 is 11.6 Å². The quantitative estimate of drug-likeness (QED) is 0.469. The third kappa shape index (κ3) is 6.17. The summed E-state index contributed by atoms with van der Waals surface area (Å²) in [5.74, 6) is 2.19. The van der Waals surface area contributed by atoms with Crippen LogP contribution in [-0.4, -0.2) is 12.2 Å². The third-order valence-electron chi connectivity index (χ3n) is 4.76. The Morgan fingerprint density at radius 3 is 2.07 bits per heavy atom. The molecule has 2 aromatic carbocycles. The summed E-state index contributed by atoms with van der Waals surface area (Å²) >= 11 is 6.29. The van der Waals surface area contributed by atoms with Crippen molar-refractivity contribution >= 4 is 11.6 Å². The predicted molar refractivity (Wildman–Crippen MR) is 115 cm³/mol. The molecule has 27 heavy (non-hydrogen) atoms. The van der Waals surface area contributed by atoms with Gasteiger partial charge in [0.05, 0.1) is 17.2 Å². The second-order valence-electron chi connectivity index (χ2n) is 8.55. The molecule has 2 nitrogen and oxygen atoms in total. The first-order chi connectivity index (χ1) is 12.6. The Hall–Kier alpha value is -1.67. The summed E-state index contributed by atoms with van der Waals surface area (Å²) in [7, 11) is 0. The van der Waals surface area contributed by atoms with Crippen molar-refractivity contribution in [1.29, 1.82) is 0 Å². The van der Waals surface area contributed by atoms with Crippen LogP contribution in [0.3, 0.4) is 0 Å². The fourth-order valence-electron chi connectivity index (χ4n) is 3.31. The van der Waals surface area contributed by atoms with E-state index in [0.29, 0.717) is 10.9 Å². The van der Waals surface area contributed by atoms with Crippen molar-refractivity contribution in [1.82, 2.24) is 0 Å². The van der Waals surface area contributed by atoms with Crippen molar-refractivity contribution in [2.24, 2.45) is 0 Å². The molecule has 1 unspecified atom stereocenters. The average molecular weight is 389 g/mol. The lowest BCUT2D eigenvalue weighted by Crippen LogP contribution is -2.26. The second-order valence-corrected chi connectivity index (χ2v) is 8.96. The highest BCUT2D eigenvalue weighted by molar-refractivity contribution is 6.32. The van der Waals surface area contributed by atoms with Gasteiger partial charge in [0.25, 0.3) is 0 Å². The number of hydrogen-bond donors (Lipinski definition) is 0.